The number of hydrogen-bond acceptors (Lipinski definition) is 7. The van der Waals surface area contributed by atoms with Crippen LogP contribution in [0, 0.1) is 10.1 Å². The third-order valence-electron chi connectivity index (χ3n) is 4.11. The van der Waals surface area contributed by atoms with Gasteiger partial charge >= 0.3 is 0 Å². The number of nitro benzene ring substituents is 1. The zero-order chi connectivity index (χ0) is 22.6. The minimum absolute atomic E-state index is 0.0431. The number of nitrogens with zero attached hydrogens (tertiary/aromatic N) is 1. The summed E-state index contributed by atoms with van der Waals surface area (Å²) in [6, 6.07) is 16.1. The van der Waals surface area contributed by atoms with Crippen molar-refractivity contribution in [3.05, 3.63) is 82.9 Å². The van der Waals surface area contributed by atoms with Crippen LogP contribution in [0.15, 0.2) is 82.6 Å². The maximum absolute atomic E-state index is 12.5. The molecule has 2 N–H and O–H groups in total. The van der Waals surface area contributed by atoms with Crippen LogP contribution in [0.5, 0.6) is 5.75 Å². The molecule has 10 nitrogen and oxygen atoms in total. The predicted octanol–water partition coefficient (Wildman–Crippen LogP) is 3.21. The van der Waals surface area contributed by atoms with Crippen LogP contribution >= 0.6 is 0 Å². The van der Waals surface area contributed by atoms with Crippen LogP contribution in [0.1, 0.15) is 0 Å². The minimum atomic E-state index is -4.26. The molecule has 162 valence electrons. The van der Waals surface area contributed by atoms with E-state index in [1.807, 2.05) is 0 Å². The number of nitro groups is 1. The molecule has 3 rings (SSSR count). The molecule has 0 radical (unpaired) electrons. The fourth-order valence-corrected chi connectivity index (χ4v) is 4.91. The van der Waals surface area contributed by atoms with E-state index in [0.717, 1.165) is 12.1 Å². The zero-order valence-electron chi connectivity index (χ0n) is 16.0. The van der Waals surface area contributed by atoms with Crippen LogP contribution < -0.4 is 14.2 Å². The summed E-state index contributed by atoms with van der Waals surface area (Å²) in [7, 11) is -6.69. The first-order valence-electron chi connectivity index (χ1n) is 8.65. The van der Waals surface area contributed by atoms with Gasteiger partial charge in [-0.05, 0) is 54.6 Å². The minimum Gasteiger partial charge on any atom is -0.497 e. The van der Waals surface area contributed by atoms with E-state index in [-0.39, 0.29) is 10.6 Å². The third kappa shape index (κ3) is 5.10. The van der Waals surface area contributed by atoms with Gasteiger partial charge in [-0.25, -0.2) is 16.8 Å². The molecule has 3 aromatic carbocycles. The van der Waals surface area contributed by atoms with Crippen LogP contribution in [0.25, 0.3) is 0 Å². The summed E-state index contributed by atoms with van der Waals surface area (Å²) in [5, 5.41) is 11.1. The quantitative estimate of drug-likeness (QED) is 0.385. The van der Waals surface area contributed by atoms with E-state index >= 15 is 0 Å². The van der Waals surface area contributed by atoms with E-state index in [0.29, 0.717) is 11.4 Å². The molecule has 0 aliphatic heterocycles. The average molecular weight is 463 g/mol. The highest BCUT2D eigenvalue weighted by atomic mass is 32.2. The van der Waals surface area contributed by atoms with Gasteiger partial charge in [-0.3, -0.25) is 19.6 Å². The van der Waals surface area contributed by atoms with E-state index in [9.17, 15) is 26.9 Å². The van der Waals surface area contributed by atoms with Crippen molar-refractivity contribution in [2.75, 3.05) is 16.6 Å². The summed E-state index contributed by atoms with van der Waals surface area (Å²) in [5.74, 6) is 0.568. The Kier molecular flexibility index (Phi) is 6.13. The van der Waals surface area contributed by atoms with Crippen molar-refractivity contribution in [1.29, 1.82) is 0 Å². The molecule has 0 atom stereocenters. The first kappa shape index (κ1) is 22.1. The molecule has 0 aliphatic rings. The SMILES string of the molecule is COc1ccc(NS(=O)(=O)c2ccc(NS(=O)(=O)c3ccccc3[N+](=O)[O-])cc2)cc1. The molecule has 0 heterocycles. The number of ether oxygens (including phenoxy) is 1. The highest BCUT2D eigenvalue weighted by Gasteiger charge is 2.25. The van der Waals surface area contributed by atoms with Crippen molar-refractivity contribution in [3.8, 4) is 5.75 Å². The smallest absolute Gasteiger partial charge is 0.289 e. The van der Waals surface area contributed by atoms with Gasteiger partial charge in [0, 0.05) is 17.4 Å². The van der Waals surface area contributed by atoms with Crippen molar-refractivity contribution in [3.63, 3.8) is 0 Å². The van der Waals surface area contributed by atoms with E-state index in [1.54, 1.807) is 12.1 Å². The molecular weight excluding hydrogens is 446 g/mol. The topological polar surface area (TPSA) is 145 Å². The summed E-state index contributed by atoms with van der Waals surface area (Å²) >= 11 is 0. The first-order valence-corrected chi connectivity index (χ1v) is 11.6. The molecule has 0 saturated heterocycles. The summed E-state index contributed by atoms with van der Waals surface area (Å²) in [6.07, 6.45) is 0. The second kappa shape index (κ2) is 8.62. The first-order chi connectivity index (χ1) is 14.6. The fraction of sp³-hybridized carbons (Fsp3) is 0.0526. The van der Waals surface area contributed by atoms with Gasteiger partial charge in [0.25, 0.3) is 25.7 Å². The largest absolute Gasteiger partial charge is 0.497 e. The molecule has 3 aromatic rings. The number of hydrogen-bond donors (Lipinski definition) is 2. The molecule has 12 heteroatoms. The lowest BCUT2D eigenvalue weighted by molar-refractivity contribution is -0.387. The summed E-state index contributed by atoms with van der Waals surface area (Å²) in [4.78, 5) is 9.70. The number of rotatable bonds is 8. The Morgan fingerprint density at radius 2 is 1.29 bits per heavy atom. The molecule has 0 unspecified atom stereocenters. The second-order valence-electron chi connectivity index (χ2n) is 6.19. The van der Waals surface area contributed by atoms with E-state index < -0.39 is 35.6 Å². The average Bonchev–Trinajstić information content (AvgIpc) is 2.74. The molecule has 0 aliphatic carbocycles. The lowest BCUT2D eigenvalue weighted by Crippen LogP contribution is -2.15. The number of para-hydroxylation sites is 1. The van der Waals surface area contributed by atoms with Crippen molar-refractivity contribution in [2.45, 2.75) is 9.79 Å². The highest BCUT2D eigenvalue weighted by molar-refractivity contribution is 7.93. The number of benzene rings is 3. The van der Waals surface area contributed by atoms with Crippen LogP contribution in [0.2, 0.25) is 0 Å². The molecule has 0 spiro atoms. The Morgan fingerprint density at radius 3 is 1.84 bits per heavy atom. The molecule has 0 fully saturated rings. The lowest BCUT2D eigenvalue weighted by Gasteiger charge is -2.11. The van der Waals surface area contributed by atoms with Gasteiger partial charge in [0.1, 0.15) is 5.75 Å². The number of anilines is 2. The maximum Gasteiger partial charge on any atom is 0.289 e. The lowest BCUT2D eigenvalue weighted by atomic mass is 10.3. The Labute approximate surface area is 178 Å². The zero-order valence-corrected chi connectivity index (χ0v) is 17.7. The van der Waals surface area contributed by atoms with Crippen LogP contribution in [-0.4, -0.2) is 28.9 Å². The van der Waals surface area contributed by atoms with Crippen molar-refractivity contribution < 1.29 is 26.5 Å². The highest BCUT2D eigenvalue weighted by Crippen LogP contribution is 2.26. The van der Waals surface area contributed by atoms with E-state index in [4.69, 9.17) is 4.74 Å². The van der Waals surface area contributed by atoms with Gasteiger partial charge in [0.05, 0.1) is 16.9 Å². The standard InChI is InChI=1S/C19H17N3O7S2/c1-29-16-10-6-14(7-11-16)20-30(25,26)17-12-8-15(9-13-17)21-31(27,28)19-5-3-2-4-18(19)22(23)24/h2-13,20-21H,1H3. The Hall–Kier alpha value is -3.64. The Balaban J connectivity index is 1.80. The Bertz CT molecular complexity index is 1310. The molecule has 0 aromatic heterocycles. The molecule has 0 amide bonds. The monoisotopic (exact) mass is 463 g/mol. The second-order valence-corrected chi connectivity index (χ2v) is 9.52. The molecule has 0 bridgehead atoms. The van der Waals surface area contributed by atoms with Crippen LogP contribution in [-0.2, 0) is 20.0 Å². The fourth-order valence-electron chi connectivity index (χ4n) is 2.62. The van der Waals surface area contributed by atoms with Crippen molar-refractivity contribution in [2.24, 2.45) is 0 Å². The van der Waals surface area contributed by atoms with Crippen molar-refractivity contribution >= 4 is 37.1 Å². The van der Waals surface area contributed by atoms with Gasteiger partial charge in [-0.2, -0.15) is 0 Å². The van der Waals surface area contributed by atoms with E-state index in [2.05, 4.69) is 9.44 Å². The van der Waals surface area contributed by atoms with Crippen molar-refractivity contribution in [1.82, 2.24) is 0 Å². The number of sulfonamides is 2. The Morgan fingerprint density at radius 1 is 0.774 bits per heavy atom. The van der Waals surface area contributed by atoms with Gasteiger partial charge in [0.2, 0.25) is 0 Å². The summed E-state index contributed by atoms with van der Waals surface area (Å²) < 4.78 is 59.8. The van der Waals surface area contributed by atoms with Crippen LogP contribution in [0.3, 0.4) is 0 Å². The van der Waals surface area contributed by atoms with Gasteiger partial charge < -0.3 is 4.74 Å². The van der Waals surface area contributed by atoms with Gasteiger partial charge in [0.15, 0.2) is 4.90 Å². The normalized spacial score (nSPS) is 11.5. The maximum atomic E-state index is 12.5. The van der Waals surface area contributed by atoms with E-state index in [1.165, 1.54) is 55.6 Å². The number of nitrogens with one attached hydrogen (secondary N) is 2. The van der Waals surface area contributed by atoms with Gasteiger partial charge in [-0.15, -0.1) is 0 Å². The molecule has 0 saturated carbocycles. The molecule has 31 heavy (non-hydrogen) atoms. The van der Waals surface area contributed by atoms with Gasteiger partial charge in [-0.1, -0.05) is 12.1 Å². The molecular formula is C19H17N3O7S2. The summed E-state index contributed by atoms with van der Waals surface area (Å²) in [6.45, 7) is 0. The summed E-state index contributed by atoms with van der Waals surface area (Å²) in [5.41, 5.74) is -0.207. The third-order valence-corrected chi connectivity index (χ3v) is 6.94. The number of methoxy groups -OCH3 is 1. The predicted molar refractivity (Wildman–Crippen MR) is 114 cm³/mol. The van der Waals surface area contributed by atoms with Crippen LogP contribution in [0.4, 0.5) is 17.1 Å².